The Morgan fingerprint density at radius 1 is 1.13 bits per heavy atom. The van der Waals surface area contributed by atoms with E-state index in [1.54, 1.807) is 30.5 Å². The van der Waals surface area contributed by atoms with Crippen molar-refractivity contribution in [1.29, 1.82) is 5.26 Å². The maximum absolute atomic E-state index is 12.4. The minimum atomic E-state index is -0.162. The first-order valence-corrected chi connectivity index (χ1v) is 10.6. The summed E-state index contributed by atoms with van der Waals surface area (Å²) in [5.41, 5.74) is 3.17. The van der Waals surface area contributed by atoms with E-state index in [-0.39, 0.29) is 11.7 Å². The Morgan fingerprint density at radius 3 is 2.58 bits per heavy atom. The number of rotatable bonds is 7. The molecule has 2 aromatic heterocycles. The van der Waals surface area contributed by atoms with Gasteiger partial charge < -0.3 is 9.73 Å². The van der Waals surface area contributed by atoms with Crippen molar-refractivity contribution in [3.63, 3.8) is 0 Å². The van der Waals surface area contributed by atoms with E-state index in [0.717, 1.165) is 16.9 Å². The van der Waals surface area contributed by atoms with Crippen LogP contribution in [0, 0.1) is 18.3 Å². The highest BCUT2D eigenvalue weighted by atomic mass is 32.2. The summed E-state index contributed by atoms with van der Waals surface area (Å²) in [4.78, 5) is 12.4. The second kappa shape index (κ2) is 9.32. The first-order chi connectivity index (χ1) is 15.1. The van der Waals surface area contributed by atoms with Gasteiger partial charge in [-0.1, -0.05) is 42.1 Å². The summed E-state index contributed by atoms with van der Waals surface area (Å²) < 4.78 is 7.44. The van der Waals surface area contributed by atoms with Crippen LogP contribution in [0.4, 0.5) is 5.69 Å². The largest absolute Gasteiger partial charge is 0.469 e. The number of hydrogen-bond acceptors (Lipinski definition) is 6. The normalized spacial score (nSPS) is 10.6. The summed E-state index contributed by atoms with van der Waals surface area (Å²) in [7, 11) is 0. The molecule has 0 unspecified atom stereocenters. The molecule has 4 aromatic rings. The van der Waals surface area contributed by atoms with Crippen LogP contribution >= 0.6 is 11.8 Å². The number of hydrogen-bond donors (Lipinski definition) is 1. The maximum Gasteiger partial charge on any atom is 0.234 e. The van der Waals surface area contributed by atoms with Crippen molar-refractivity contribution in [3.05, 3.63) is 83.8 Å². The van der Waals surface area contributed by atoms with Gasteiger partial charge in [-0.2, -0.15) is 5.26 Å². The highest BCUT2D eigenvalue weighted by molar-refractivity contribution is 7.99. The summed E-state index contributed by atoms with van der Waals surface area (Å²) in [6, 6.07) is 20.7. The number of anilines is 1. The lowest BCUT2D eigenvalue weighted by Crippen LogP contribution is -2.14. The Kier molecular flexibility index (Phi) is 6.15. The number of nitriles is 1. The molecule has 2 heterocycles. The summed E-state index contributed by atoms with van der Waals surface area (Å²) in [5, 5.41) is 21.1. The molecule has 1 N–H and O–H groups in total. The van der Waals surface area contributed by atoms with Gasteiger partial charge in [0.2, 0.25) is 5.91 Å². The summed E-state index contributed by atoms with van der Waals surface area (Å²) in [6.07, 6.45) is 1.63. The molecule has 154 valence electrons. The highest BCUT2D eigenvalue weighted by Gasteiger charge is 2.18. The number of nitrogens with zero attached hydrogens (tertiary/aromatic N) is 4. The van der Waals surface area contributed by atoms with Gasteiger partial charge in [-0.05, 0) is 42.8 Å². The van der Waals surface area contributed by atoms with E-state index in [0.29, 0.717) is 28.8 Å². The molecule has 1 amide bonds. The molecular formula is C23H19N5O2S. The second-order valence-corrected chi connectivity index (χ2v) is 7.74. The van der Waals surface area contributed by atoms with Crippen LogP contribution in [0.5, 0.6) is 0 Å². The quantitative estimate of drug-likeness (QED) is 0.435. The predicted molar refractivity (Wildman–Crippen MR) is 119 cm³/mol. The van der Waals surface area contributed by atoms with Crippen LogP contribution in [-0.4, -0.2) is 26.4 Å². The third kappa shape index (κ3) is 4.85. The molecule has 7 nitrogen and oxygen atoms in total. The van der Waals surface area contributed by atoms with Crippen LogP contribution in [-0.2, 0) is 11.3 Å². The van der Waals surface area contributed by atoms with E-state index >= 15 is 0 Å². The molecule has 0 radical (unpaired) electrons. The first-order valence-electron chi connectivity index (χ1n) is 9.58. The zero-order chi connectivity index (χ0) is 21.6. The van der Waals surface area contributed by atoms with Gasteiger partial charge in [0.05, 0.1) is 35.8 Å². The lowest BCUT2D eigenvalue weighted by molar-refractivity contribution is -0.113. The van der Waals surface area contributed by atoms with Crippen LogP contribution in [0.1, 0.15) is 16.9 Å². The standard InChI is InChI=1S/C23H19N5O2S/c1-16-20(11-12-30-16)22-26-27-23(28(22)14-18-5-3-2-4-6-18)31-15-21(29)25-19-9-7-17(13-24)8-10-19/h2-12H,14-15H2,1H3,(H,25,29). The van der Waals surface area contributed by atoms with Gasteiger partial charge in [-0.25, -0.2) is 0 Å². The number of thioether (sulfide) groups is 1. The van der Waals surface area contributed by atoms with E-state index in [9.17, 15) is 4.79 Å². The van der Waals surface area contributed by atoms with Gasteiger partial charge in [0.25, 0.3) is 0 Å². The van der Waals surface area contributed by atoms with Gasteiger partial charge in [0.1, 0.15) is 5.76 Å². The fourth-order valence-corrected chi connectivity index (χ4v) is 3.81. The zero-order valence-electron chi connectivity index (χ0n) is 16.8. The molecule has 0 atom stereocenters. The Balaban J connectivity index is 1.52. The number of aryl methyl sites for hydroxylation is 1. The van der Waals surface area contributed by atoms with E-state index < -0.39 is 0 Å². The van der Waals surface area contributed by atoms with Crippen molar-refractivity contribution in [2.75, 3.05) is 11.1 Å². The molecule has 0 saturated carbocycles. The number of nitrogens with one attached hydrogen (secondary N) is 1. The molecule has 0 aliphatic rings. The highest BCUT2D eigenvalue weighted by Crippen LogP contribution is 2.28. The molecule has 0 saturated heterocycles. The van der Waals surface area contributed by atoms with Crippen LogP contribution in [0.2, 0.25) is 0 Å². The molecular weight excluding hydrogens is 410 g/mol. The molecule has 0 fully saturated rings. The molecule has 0 bridgehead atoms. The van der Waals surface area contributed by atoms with Gasteiger partial charge >= 0.3 is 0 Å². The van der Waals surface area contributed by atoms with Crippen LogP contribution in [0.25, 0.3) is 11.4 Å². The van der Waals surface area contributed by atoms with E-state index in [4.69, 9.17) is 9.68 Å². The lowest BCUT2D eigenvalue weighted by Gasteiger charge is -2.10. The number of furan rings is 1. The Labute approximate surface area is 183 Å². The van der Waals surface area contributed by atoms with E-state index in [1.807, 2.05) is 47.9 Å². The van der Waals surface area contributed by atoms with Crippen LogP contribution in [0.15, 0.2) is 76.5 Å². The predicted octanol–water partition coefficient (Wildman–Crippen LogP) is 4.50. The van der Waals surface area contributed by atoms with Crippen molar-refractivity contribution in [3.8, 4) is 17.5 Å². The summed E-state index contributed by atoms with van der Waals surface area (Å²) >= 11 is 1.32. The molecule has 0 aliphatic heterocycles. The molecule has 0 aliphatic carbocycles. The fraction of sp³-hybridized carbons (Fsp3) is 0.130. The number of benzene rings is 2. The Bertz CT molecular complexity index is 1220. The monoisotopic (exact) mass is 429 g/mol. The van der Waals surface area contributed by atoms with Gasteiger partial charge in [0.15, 0.2) is 11.0 Å². The maximum atomic E-state index is 12.4. The SMILES string of the molecule is Cc1occc1-c1nnc(SCC(=O)Nc2ccc(C#N)cc2)n1Cc1ccccc1. The number of amides is 1. The zero-order valence-corrected chi connectivity index (χ0v) is 17.6. The molecule has 2 aromatic carbocycles. The molecule has 0 spiro atoms. The molecule has 31 heavy (non-hydrogen) atoms. The summed E-state index contributed by atoms with van der Waals surface area (Å²) in [6.45, 7) is 2.46. The average molecular weight is 430 g/mol. The van der Waals surface area contributed by atoms with Crippen LogP contribution < -0.4 is 5.32 Å². The third-order valence-corrected chi connectivity index (χ3v) is 5.60. The van der Waals surface area contributed by atoms with Gasteiger partial charge in [-0.3, -0.25) is 9.36 Å². The second-order valence-electron chi connectivity index (χ2n) is 6.79. The van der Waals surface area contributed by atoms with Crippen molar-refractivity contribution < 1.29 is 9.21 Å². The van der Waals surface area contributed by atoms with Crippen molar-refractivity contribution in [1.82, 2.24) is 14.8 Å². The first kappa shape index (κ1) is 20.4. The average Bonchev–Trinajstić information content (AvgIpc) is 3.39. The Hall–Kier alpha value is -3.83. The van der Waals surface area contributed by atoms with E-state index in [2.05, 4.69) is 21.6 Å². The molecule has 4 rings (SSSR count). The minimum Gasteiger partial charge on any atom is -0.469 e. The van der Waals surface area contributed by atoms with Crippen LogP contribution in [0.3, 0.4) is 0 Å². The Morgan fingerprint density at radius 2 is 1.90 bits per heavy atom. The van der Waals surface area contributed by atoms with Gasteiger partial charge in [-0.15, -0.1) is 10.2 Å². The lowest BCUT2D eigenvalue weighted by atomic mass is 10.2. The number of carbonyl (C=O) groups is 1. The minimum absolute atomic E-state index is 0.162. The van der Waals surface area contributed by atoms with E-state index in [1.165, 1.54) is 11.8 Å². The number of carbonyl (C=O) groups excluding carboxylic acids is 1. The van der Waals surface area contributed by atoms with Crippen molar-refractivity contribution in [2.45, 2.75) is 18.6 Å². The fourth-order valence-electron chi connectivity index (χ4n) is 3.08. The third-order valence-electron chi connectivity index (χ3n) is 4.63. The summed E-state index contributed by atoms with van der Waals surface area (Å²) in [5.74, 6) is 1.48. The molecule has 8 heteroatoms. The van der Waals surface area contributed by atoms with Gasteiger partial charge in [0, 0.05) is 5.69 Å². The smallest absolute Gasteiger partial charge is 0.234 e. The van der Waals surface area contributed by atoms with Crippen molar-refractivity contribution in [2.24, 2.45) is 0 Å². The van der Waals surface area contributed by atoms with Crippen molar-refractivity contribution >= 4 is 23.4 Å². The number of aromatic nitrogens is 3. The topological polar surface area (TPSA) is 96.7 Å².